The lowest BCUT2D eigenvalue weighted by Crippen LogP contribution is -2.16. The van der Waals surface area contributed by atoms with E-state index in [2.05, 4.69) is 15.4 Å². The molecule has 0 aliphatic carbocycles. The van der Waals surface area contributed by atoms with Gasteiger partial charge in [0.1, 0.15) is 5.69 Å². The highest BCUT2D eigenvalue weighted by Gasteiger charge is 2.43. The van der Waals surface area contributed by atoms with Crippen molar-refractivity contribution in [3.63, 3.8) is 0 Å². The van der Waals surface area contributed by atoms with Gasteiger partial charge >= 0.3 is 12.4 Å². The third kappa shape index (κ3) is 2.69. The van der Waals surface area contributed by atoms with E-state index in [-0.39, 0.29) is 11.3 Å². The molecule has 1 aromatic carbocycles. The summed E-state index contributed by atoms with van der Waals surface area (Å²) >= 11 is 0. The first-order valence-electron chi connectivity index (χ1n) is 4.84. The molecule has 0 radical (unpaired) electrons. The summed E-state index contributed by atoms with van der Waals surface area (Å²) in [5.74, 6) is 0. The lowest BCUT2D eigenvalue weighted by molar-refractivity contribution is -0.162. The number of aromatic nitrogens is 3. The zero-order valence-electron chi connectivity index (χ0n) is 8.97. The summed E-state index contributed by atoms with van der Waals surface area (Å²) in [4.78, 5) is 0. The first-order valence-corrected chi connectivity index (χ1v) is 4.84. The molecule has 3 nitrogen and oxygen atoms in total. The van der Waals surface area contributed by atoms with Crippen LogP contribution in [0.2, 0.25) is 0 Å². The number of H-pyrrole nitrogens is 1. The largest absolute Gasteiger partial charge is 0.417 e. The molecule has 0 atom stereocenters. The molecule has 0 bridgehead atoms. The maximum absolute atomic E-state index is 12.7. The zero-order chi connectivity index (χ0) is 14.3. The molecule has 1 heterocycles. The molecule has 0 spiro atoms. The zero-order valence-corrected chi connectivity index (χ0v) is 8.97. The van der Waals surface area contributed by atoms with Gasteiger partial charge in [-0.15, -0.1) is 0 Å². The molecule has 0 aliphatic heterocycles. The molecular weight excluding hydrogens is 276 g/mol. The summed E-state index contributed by atoms with van der Waals surface area (Å²) in [5, 5.41) is 9.07. The van der Waals surface area contributed by atoms with Crippen LogP contribution in [0, 0.1) is 0 Å². The van der Waals surface area contributed by atoms with Crippen molar-refractivity contribution in [1.29, 1.82) is 0 Å². The van der Waals surface area contributed by atoms with E-state index in [0.717, 1.165) is 12.3 Å². The SMILES string of the molecule is FC(F)(F)c1ccc(-c2cn[nH]n2)cc1C(F)(F)F. The Kier molecular flexibility index (Phi) is 2.99. The van der Waals surface area contributed by atoms with Crippen molar-refractivity contribution in [3.05, 3.63) is 35.5 Å². The van der Waals surface area contributed by atoms with Crippen LogP contribution in [0.1, 0.15) is 11.1 Å². The Bertz CT molecular complexity index is 570. The number of alkyl halides is 6. The summed E-state index contributed by atoms with van der Waals surface area (Å²) in [7, 11) is 0. The van der Waals surface area contributed by atoms with Gasteiger partial charge < -0.3 is 0 Å². The molecule has 0 saturated heterocycles. The Morgan fingerprint density at radius 1 is 0.895 bits per heavy atom. The maximum atomic E-state index is 12.7. The first kappa shape index (κ1) is 13.4. The highest BCUT2D eigenvalue weighted by molar-refractivity contribution is 5.60. The molecule has 0 amide bonds. The third-order valence-corrected chi connectivity index (χ3v) is 2.34. The van der Waals surface area contributed by atoms with E-state index < -0.39 is 23.5 Å². The van der Waals surface area contributed by atoms with Crippen LogP contribution < -0.4 is 0 Å². The van der Waals surface area contributed by atoms with E-state index >= 15 is 0 Å². The summed E-state index contributed by atoms with van der Waals surface area (Å²) in [6.45, 7) is 0. The van der Waals surface area contributed by atoms with E-state index in [9.17, 15) is 26.3 Å². The van der Waals surface area contributed by atoms with Gasteiger partial charge in [0.05, 0.1) is 17.3 Å². The second kappa shape index (κ2) is 4.25. The van der Waals surface area contributed by atoms with Crippen LogP contribution in [0.4, 0.5) is 26.3 Å². The van der Waals surface area contributed by atoms with Gasteiger partial charge in [0, 0.05) is 5.56 Å². The average Bonchev–Trinajstić information content (AvgIpc) is 2.79. The second-order valence-corrected chi connectivity index (χ2v) is 3.61. The van der Waals surface area contributed by atoms with Crippen molar-refractivity contribution >= 4 is 0 Å². The van der Waals surface area contributed by atoms with Gasteiger partial charge in [-0.2, -0.15) is 41.8 Å². The van der Waals surface area contributed by atoms with Gasteiger partial charge in [-0.3, -0.25) is 0 Å². The van der Waals surface area contributed by atoms with Crippen molar-refractivity contribution in [2.24, 2.45) is 0 Å². The van der Waals surface area contributed by atoms with Crippen LogP contribution in [0.25, 0.3) is 11.3 Å². The normalized spacial score (nSPS) is 12.7. The Hall–Kier alpha value is -2.06. The first-order chi connectivity index (χ1) is 8.69. The fourth-order valence-electron chi connectivity index (χ4n) is 1.53. The van der Waals surface area contributed by atoms with E-state index in [1.807, 2.05) is 0 Å². The number of rotatable bonds is 1. The Labute approximate surface area is 102 Å². The summed E-state index contributed by atoms with van der Waals surface area (Å²) < 4.78 is 75.5. The Morgan fingerprint density at radius 2 is 1.53 bits per heavy atom. The van der Waals surface area contributed by atoms with Crippen LogP contribution in [0.5, 0.6) is 0 Å². The topological polar surface area (TPSA) is 41.6 Å². The molecule has 2 rings (SSSR count). The number of hydrogen-bond donors (Lipinski definition) is 1. The van der Waals surface area contributed by atoms with Gasteiger partial charge in [0.15, 0.2) is 0 Å². The monoisotopic (exact) mass is 281 g/mol. The van der Waals surface area contributed by atoms with Crippen LogP contribution >= 0.6 is 0 Å². The third-order valence-electron chi connectivity index (χ3n) is 2.34. The summed E-state index contributed by atoms with van der Waals surface area (Å²) in [5.41, 5.74) is -3.55. The quantitative estimate of drug-likeness (QED) is 0.813. The molecule has 2 aromatic rings. The van der Waals surface area contributed by atoms with Crippen LogP contribution in [0.3, 0.4) is 0 Å². The molecule has 0 saturated carbocycles. The summed E-state index contributed by atoms with van der Waals surface area (Å²) in [6, 6.07) is 1.70. The van der Waals surface area contributed by atoms with Gasteiger partial charge in [0.2, 0.25) is 0 Å². The lowest BCUT2D eigenvalue weighted by Gasteiger charge is -2.16. The van der Waals surface area contributed by atoms with E-state index in [1.165, 1.54) is 0 Å². The Morgan fingerprint density at radius 3 is 2.00 bits per heavy atom. The van der Waals surface area contributed by atoms with Crippen molar-refractivity contribution in [2.75, 3.05) is 0 Å². The van der Waals surface area contributed by atoms with Crippen molar-refractivity contribution < 1.29 is 26.3 Å². The number of aromatic amines is 1. The highest BCUT2D eigenvalue weighted by atomic mass is 19.4. The molecule has 1 aromatic heterocycles. The van der Waals surface area contributed by atoms with Gasteiger partial charge in [0.25, 0.3) is 0 Å². The van der Waals surface area contributed by atoms with Gasteiger partial charge in [-0.1, -0.05) is 6.07 Å². The number of nitrogens with one attached hydrogen (secondary N) is 1. The molecule has 9 heteroatoms. The van der Waals surface area contributed by atoms with Crippen LogP contribution in [0.15, 0.2) is 24.4 Å². The van der Waals surface area contributed by atoms with E-state index in [4.69, 9.17) is 0 Å². The Balaban J connectivity index is 2.61. The minimum Gasteiger partial charge on any atom is -0.197 e. The average molecular weight is 281 g/mol. The predicted molar refractivity (Wildman–Crippen MR) is 51.8 cm³/mol. The van der Waals surface area contributed by atoms with E-state index in [1.54, 1.807) is 0 Å². The fourth-order valence-corrected chi connectivity index (χ4v) is 1.53. The molecule has 0 unspecified atom stereocenters. The van der Waals surface area contributed by atoms with Crippen LogP contribution in [-0.4, -0.2) is 15.4 Å². The predicted octanol–water partition coefficient (Wildman–Crippen LogP) is 3.51. The molecular formula is C10H5F6N3. The molecule has 102 valence electrons. The molecule has 0 fully saturated rings. The van der Waals surface area contributed by atoms with Crippen molar-refractivity contribution in [3.8, 4) is 11.3 Å². The highest BCUT2D eigenvalue weighted by Crippen LogP contribution is 2.41. The smallest absolute Gasteiger partial charge is 0.197 e. The molecule has 0 aliphatic rings. The standard InChI is InChI=1S/C10H5F6N3/c11-9(12,13)6-2-1-5(8-4-17-19-18-8)3-7(6)10(14,15)16/h1-4H,(H,17,18,19). The van der Waals surface area contributed by atoms with Gasteiger partial charge in [-0.05, 0) is 12.1 Å². The van der Waals surface area contributed by atoms with Crippen molar-refractivity contribution in [2.45, 2.75) is 12.4 Å². The number of nitrogens with zero attached hydrogens (tertiary/aromatic N) is 2. The van der Waals surface area contributed by atoms with Crippen molar-refractivity contribution in [1.82, 2.24) is 15.4 Å². The molecule has 19 heavy (non-hydrogen) atoms. The number of benzene rings is 1. The second-order valence-electron chi connectivity index (χ2n) is 3.61. The minimum atomic E-state index is -5.11. The maximum Gasteiger partial charge on any atom is 0.417 e. The number of halogens is 6. The number of hydrogen-bond acceptors (Lipinski definition) is 2. The lowest BCUT2D eigenvalue weighted by atomic mass is 10.0. The summed E-state index contributed by atoms with van der Waals surface area (Å²) in [6.07, 6.45) is -9.07. The molecule has 1 N–H and O–H groups in total. The van der Waals surface area contributed by atoms with E-state index in [0.29, 0.717) is 12.1 Å². The van der Waals surface area contributed by atoms with Crippen LogP contribution in [-0.2, 0) is 12.4 Å². The van der Waals surface area contributed by atoms with Gasteiger partial charge in [-0.25, -0.2) is 0 Å². The minimum absolute atomic E-state index is 0.0271. The fraction of sp³-hybridized carbons (Fsp3) is 0.200.